The number of likely N-dealkylation sites (tertiary alicyclic amines) is 1. The fourth-order valence-electron chi connectivity index (χ4n) is 5.95. The third-order valence-electron chi connectivity index (χ3n) is 8.14. The molecule has 0 spiro atoms. The van der Waals surface area contributed by atoms with Crippen LogP contribution in [0.15, 0.2) is 6.20 Å². The Kier molecular flexibility index (Phi) is 8.38. The van der Waals surface area contributed by atoms with E-state index in [2.05, 4.69) is 30.2 Å². The molecule has 2 aliphatic rings. The molecule has 14 heteroatoms. The number of methoxy groups -OCH3 is 1. The molecule has 0 bridgehead atoms. The average molecular weight is 613 g/mol. The van der Waals surface area contributed by atoms with E-state index >= 15 is 0 Å². The van der Waals surface area contributed by atoms with E-state index in [0.29, 0.717) is 46.1 Å². The van der Waals surface area contributed by atoms with Gasteiger partial charge in [0.1, 0.15) is 11.6 Å². The topological polar surface area (TPSA) is 142 Å². The van der Waals surface area contributed by atoms with E-state index < -0.39 is 29.3 Å². The minimum absolute atomic E-state index is 0.188. The molecular weight excluding hydrogens is 577 g/mol. The first-order chi connectivity index (χ1) is 20.8. The smallest absolute Gasteiger partial charge is 0.434 e. The number of hydrogen-bond acceptors (Lipinski definition) is 8. The van der Waals surface area contributed by atoms with Gasteiger partial charge in [0.15, 0.2) is 5.69 Å². The largest absolute Gasteiger partial charge is 0.496 e. The van der Waals surface area contributed by atoms with Crippen LogP contribution in [0.5, 0.6) is 5.75 Å². The normalized spacial score (nSPS) is 16.2. The lowest BCUT2D eigenvalue weighted by atomic mass is 10.0. The number of H-pyrrole nitrogens is 1. The summed E-state index contributed by atoms with van der Waals surface area (Å²) in [5, 5.41) is 2.93. The van der Waals surface area contributed by atoms with Crippen molar-refractivity contribution in [2.45, 2.75) is 53.3 Å². The van der Waals surface area contributed by atoms with Gasteiger partial charge in [-0.05, 0) is 65.3 Å². The number of nitrogens with zero attached hydrogens (tertiary/aromatic N) is 5. The summed E-state index contributed by atoms with van der Waals surface area (Å²) in [6, 6.07) is 0. The Labute approximate surface area is 252 Å². The fourth-order valence-corrected chi connectivity index (χ4v) is 5.95. The van der Waals surface area contributed by atoms with E-state index in [4.69, 9.17) is 10.5 Å². The van der Waals surface area contributed by atoms with Crippen molar-refractivity contribution < 1.29 is 27.5 Å². The highest BCUT2D eigenvalue weighted by Gasteiger charge is 2.45. The molecule has 5 rings (SSSR count). The number of rotatable bonds is 8. The number of pyridine rings is 1. The third-order valence-corrected chi connectivity index (χ3v) is 8.14. The molecule has 3 aromatic rings. The van der Waals surface area contributed by atoms with Crippen LogP contribution in [0.2, 0.25) is 0 Å². The van der Waals surface area contributed by atoms with Gasteiger partial charge in [-0.25, -0.2) is 4.98 Å². The van der Waals surface area contributed by atoms with Crippen molar-refractivity contribution in [2.24, 2.45) is 0 Å². The molecule has 5 heterocycles. The van der Waals surface area contributed by atoms with Crippen molar-refractivity contribution in [3.05, 3.63) is 56.8 Å². The van der Waals surface area contributed by atoms with Gasteiger partial charge in [0.2, 0.25) is 5.95 Å². The number of carbonyl (C=O) groups excluding carboxylic acids is 2. The number of nitrogens with one attached hydrogen (secondary N) is 2. The number of aromatic amines is 1. The molecule has 2 amide bonds. The van der Waals surface area contributed by atoms with E-state index in [-0.39, 0.29) is 23.8 Å². The monoisotopic (exact) mass is 612 g/mol. The predicted octanol–water partition coefficient (Wildman–Crippen LogP) is 3.96. The summed E-state index contributed by atoms with van der Waals surface area (Å²) in [5.41, 5.74) is 7.14. The second kappa shape index (κ2) is 11.9. The minimum atomic E-state index is -4.93. The lowest BCUT2D eigenvalue weighted by Gasteiger charge is -2.19. The van der Waals surface area contributed by atoms with Crippen LogP contribution in [0.1, 0.15) is 68.2 Å². The summed E-state index contributed by atoms with van der Waals surface area (Å²) in [5.74, 6) is -1.39. The summed E-state index contributed by atoms with van der Waals surface area (Å²) in [6.07, 6.45) is 0.237. The fraction of sp³-hybridized carbons (Fsp3) is 0.433. The summed E-state index contributed by atoms with van der Waals surface area (Å²) < 4.78 is 48.4. The number of aryl methyl sites for hydroxylation is 2. The van der Waals surface area contributed by atoms with Crippen LogP contribution in [0.4, 0.5) is 24.9 Å². The molecule has 1 saturated heterocycles. The first-order valence-corrected chi connectivity index (χ1v) is 14.3. The van der Waals surface area contributed by atoms with Gasteiger partial charge >= 0.3 is 6.18 Å². The number of anilines is 2. The number of halogens is 3. The number of hydrogen-bond donors (Lipinski definition) is 3. The summed E-state index contributed by atoms with van der Waals surface area (Å²) >= 11 is 0. The van der Waals surface area contributed by atoms with Crippen molar-refractivity contribution in [3.63, 3.8) is 0 Å². The van der Waals surface area contributed by atoms with Gasteiger partial charge in [-0.2, -0.15) is 18.2 Å². The highest BCUT2D eigenvalue weighted by atomic mass is 19.4. The lowest BCUT2D eigenvalue weighted by molar-refractivity contribution is -0.141. The molecule has 0 aromatic carbocycles. The van der Waals surface area contributed by atoms with Crippen molar-refractivity contribution >= 4 is 35.2 Å². The zero-order valence-electron chi connectivity index (χ0n) is 25.3. The number of alkyl halides is 3. The van der Waals surface area contributed by atoms with Crippen LogP contribution in [0, 0.1) is 27.7 Å². The Morgan fingerprint density at radius 1 is 1.16 bits per heavy atom. The van der Waals surface area contributed by atoms with Crippen molar-refractivity contribution in [3.8, 4) is 5.75 Å². The Balaban J connectivity index is 1.55. The number of fused-ring (bicyclic) bond motifs is 1. The summed E-state index contributed by atoms with van der Waals surface area (Å²) in [4.78, 5) is 45.5. The first-order valence-electron chi connectivity index (χ1n) is 14.3. The van der Waals surface area contributed by atoms with Gasteiger partial charge in [-0.15, -0.1) is 0 Å². The molecule has 0 radical (unpaired) electrons. The number of amides is 2. The Hall–Kier alpha value is -4.46. The molecule has 44 heavy (non-hydrogen) atoms. The molecule has 1 fully saturated rings. The van der Waals surface area contributed by atoms with Gasteiger partial charge in [-0.3, -0.25) is 19.5 Å². The molecular formula is C30H35F3N8O3. The first kappa shape index (κ1) is 31.0. The minimum Gasteiger partial charge on any atom is -0.496 e. The quantitative estimate of drug-likeness (QED) is 0.325. The number of carbonyl (C=O) groups is 2. The highest BCUT2D eigenvalue weighted by Crippen LogP contribution is 2.45. The van der Waals surface area contributed by atoms with E-state index in [1.54, 1.807) is 27.0 Å². The van der Waals surface area contributed by atoms with Gasteiger partial charge in [0, 0.05) is 41.8 Å². The lowest BCUT2D eigenvalue weighted by Crippen LogP contribution is -2.33. The van der Waals surface area contributed by atoms with Crippen LogP contribution in [-0.4, -0.2) is 69.9 Å². The van der Waals surface area contributed by atoms with Crippen molar-refractivity contribution in [2.75, 3.05) is 43.9 Å². The Morgan fingerprint density at radius 2 is 1.86 bits per heavy atom. The van der Waals surface area contributed by atoms with Crippen LogP contribution in [0.25, 0.3) is 11.6 Å². The molecule has 0 atom stereocenters. The predicted molar refractivity (Wildman–Crippen MR) is 159 cm³/mol. The van der Waals surface area contributed by atoms with E-state index in [1.165, 1.54) is 13.2 Å². The Morgan fingerprint density at radius 3 is 2.52 bits per heavy atom. The molecule has 0 unspecified atom stereocenters. The second-order valence-electron chi connectivity index (χ2n) is 11.1. The molecule has 11 nitrogen and oxygen atoms in total. The van der Waals surface area contributed by atoms with Gasteiger partial charge < -0.3 is 25.7 Å². The number of aromatic nitrogens is 4. The third kappa shape index (κ3) is 5.73. The number of nitrogen functional groups attached to an aromatic ring is 1. The molecule has 0 aliphatic carbocycles. The summed E-state index contributed by atoms with van der Waals surface area (Å²) in [7, 11) is 1.50. The molecule has 234 valence electrons. The SMILES string of the molecule is COc1c(C)cnc(CN2C(=O)C(=Cc3[nH]c(C)c(C(=O)NCCN4CCCC4)c3C)c3c2nc(N)nc3C(F)(F)F)c1C. The number of ether oxygens (including phenoxy) is 1. The maximum Gasteiger partial charge on any atom is 0.434 e. The van der Waals surface area contributed by atoms with Gasteiger partial charge in [0.05, 0.1) is 36.0 Å². The zero-order valence-corrected chi connectivity index (χ0v) is 25.3. The van der Waals surface area contributed by atoms with Crippen LogP contribution < -0.4 is 20.7 Å². The average Bonchev–Trinajstić information content (AvgIpc) is 3.63. The van der Waals surface area contributed by atoms with Crippen LogP contribution in [-0.2, 0) is 17.5 Å². The van der Waals surface area contributed by atoms with Gasteiger partial charge in [-0.1, -0.05) is 0 Å². The standard InChI is InChI=1S/C30H35F3N8O3/c1-15-13-36-21(17(3)24(15)44-5)14-41-26-23(25(30(31,32)33)38-29(34)39-26)19(28(41)43)12-20-16(2)22(18(4)37-20)27(42)35-8-11-40-9-6-7-10-40/h12-13,37H,6-11,14H2,1-5H3,(H,35,42)(H2,34,38,39). The molecule has 3 aromatic heterocycles. The van der Waals surface area contributed by atoms with Crippen molar-refractivity contribution in [1.29, 1.82) is 0 Å². The zero-order chi connectivity index (χ0) is 31.9. The van der Waals surface area contributed by atoms with Gasteiger partial charge in [0.25, 0.3) is 11.8 Å². The molecule has 4 N–H and O–H groups in total. The molecule has 2 aliphatic heterocycles. The highest BCUT2D eigenvalue weighted by molar-refractivity contribution is 6.35. The van der Waals surface area contributed by atoms with E-state index in [0.717, 1.165) is 42.9 Å². The van der Waals surface area contributed by atoms with E-state index in [9.17, 15) is 22.8 Å². The Bertz CT molecular complexity index is 1660. The summed E-state index contributed by atoms with van der Waals surface area (Å²) in [6.45, 7) is 9.96. The van der Waals surface area contributed by atoms with Crippen LogP contribution in [0.3, 0.4) is 0 Å². The van der Waals surface area contributed by atoms with Crippen molar-refractivity contribution in [1.82, 2.24) is 30.2 Å². The maximum atomic E-state index is 14.3. The molecule has 0 saturated carbocycles. The maximum absolute atomic E-state index is 14.3. The number of nitrogens with two attached hydrogens (primary N) is 1. The van der Waals surface area contributed by atoms with E-state index in [1.807, 2.05) is 6.92 Å². The second-order valence-corrected chi connectivity index (χ2v) is 11.1. The van der Waals surface area contributed by atoms with Crippen LogP contribution >= 0.6 is 0 Å².